The number of allylic oxidation sites excluding steroid dienone is 2. The van der Waals surface area contributed by atoms with Crippen molar-refractivity contribution in [2.24, 2.45) is 17.8 Å². The molecule has 0 unspecified atom stereocenters. The third-order valence-corrected chi connectivity index (χ3v) is 38.1. The second kappa shape index (κ2) is 40.6. The van der Waals surface area contributed by atoms with Crippen LogP contribution in [-0.2, 0) is 101 Å². The monoisotopic (exact) mass is 1620 g/mol. The Hall–Kier alpha value is -1.48. The van der Waals surface area contributed by atoms with Gasteiger partial charge in [0.2, 0.25) is 5.79 Å². The molecule has 7 aliphatic heterocycles. The molecular weight excluding hydrogens is 1480 g/mol. The van der Waals surface area contributed by atoms with E-state index < -0.39 is 136 Å². The molecule has 0 bridgehead atoms. The summed E-state index contributed by atoms with van der Waals surface area (Å²) < 4.78 is 137. The number of carboxylic acid groups (broad SMARTS) is 1. The smallest absolute Gasteiger partial charge is 0.481 e. The molecule has 7 heterocycles. The number of rotatable bonds is 42. The first-order valence-corrected chi connectivity index (χ1v) is 50.3. The zero-order valence-electron chi connectivity index (χ0n) is 70.1. The lowest BCUT2D eigenvalue weighted by molar-refractivity contribution is -0.413. The second-order valence-corrected chi connectivity index (χ2v) is 48.6. The fraction of sp³-hybridized carbons (Fsp3) is 0.899. The van der Waals surface area contributed by atoms with E-state index >= 15 is 0 Å². The van der Waals surface area contributed by atoms with Crippen LogP contribution in [0.1, 0.15) is 233 Å². The molecule has 24 nitrogen and oxygen atoms in total. The number of alkyl halides is 1. The van der Waals surface area contributed by atoms with Gasteiger partial charge in [-0.05, 0) is 167 Å². The molecule has 0 amide bonds. The first-order chi connectivity index (χ1) is 50.7. The van der Waals surface area contributed by atoms with Crippen molar-refractivity contribution in [3.05, 3.63) is 36.5 Å². The summed E-state index contributed by atoms with van der Waals surface area (Å²) in [6.45, 7) is 45.1. The van der Waals surface area contributed by atoms with Crippen LogP contribution in [-0.4, -0.2) is 225 Å². The molecule has 0 aliphatic carbocycles. The van der Waals surface area contributed by atoms with E-state index in [0.717, 1.165) is 12.8 Å². The minimum atomic E-state index is -4.18. The maximum absolute atomic E-state index is 12.3. The highest BCUT2D eigenvalue weighted by Crippen LogP contribution is 2.54. The maximum atomic E-state index is 12.3. The number of halogens is 1. The van der Waals surface area contributed by atoms with Gasteiger partial charge in [-0.25, -0.2) is 4.79 Å². The number of hydrogen-bond donors (Lipinski definition) is 2. The molecular formula is C79H143ClO24Si4. The van der Waals surface area contributed by atoms with Gasteiger partial charge in [0.25, 0.3) is 0 Å². The van der Waals surface area contributed by atoms with Crippen molar-refractivity contribution >= 4 is 58.3 Å². The van der Waals surface area contributed by atoms with Gasteiger partial charge in [0, 0.05) is 124 Å². The van der Waals surface area contributed by atoms with Crippen LogP contribution in [0.2, 0.25) is 36.3 Å². The number of methoxy groups -OCH3 is 2. The summed E-state index contributed by atoms with van der Waals surface area (Å²) in [4.78, 5) is 24.3. The van der Waals surface area contributed by atoms with E-state index in [1.807, 2.05) is 65.8 Å². The Balaban J connectivity index is 1.23. The molecule has 0 radical (unpaired) electrons. The Morgan fingerprint density at radius 3 is 1.79 bits per heavy atom. The molecule has 108 heavy (non-hydrogen) atoms. The van der Waals surface area contributed by atoms with E-state index in [1.54, 1.807) is 28.1 Å². The Morgan fingerprint density at radius 1 is 0.676 bits per heavy atom. The third-order valence-electron chi connectivity index (χ3n) is 23.5. The van der Waals surface area contributed by atoms with Crippen LogP contribution in [0.15, 0.2) is 36.5 Å². The minimum Gasteiger partial charge on any atom is -0.481 e. The van der Waals surface area contributed by atoms with Crippen molar-refractivity contribution in [1.29, 1.82) is 0 Å². The average molecular weight is 1620 g/mol. The van der Waals surface area contributed by atoms with Gasteiger partial charge in [-0.2, -0.15) is 0 Å². The minimum absolute atomic E-state index is 0.0300. The van der Waals surface area contributed by atoms with Crippen molar-refractivity contribution in [1.82, 2.24) is 0 Å². The second-order valence-electron chi connectivity index (χ2n) is 34.4. The molecule has 7 aliphatic rings. The number of esters is 1. The number of aliphatic hydroxyl groups is 1. The van der Waals surface area contributed by atoms with E-state index in [4.69, 9.17) is 103 Å². The van der Waals surface area contributed by atoms with E-state index in [-0.39, 0.29) is 105 Å². The van der Waals surface area contributed by atoms with Crippen LogP contribution in [0.4, 0.5) is 0 Å². The standard InChI is InChI=1S/C79H143ClO24Si4/c1-24-87-107(88-25-2,89-26-3)102-70(55(8)40-41-63-69(80)67(86-19)53-78(95-63)46-43-56(9)79(104-78)52-61(81)62(97-79)38-33-31-30-32-34-39-65-73(84)99-76(16,17)94-65)72(103-108(90-27-4,91-28-5)92-29-6)71-64(85-18)44-47-77(98-71)45-42-54(7)66(96-77)50-60(101-106(22,23)75(13,14)15)49-59(100-105(20,21)74(10,11)12)48-57-36-35-37-58(93-57)51-68(82)83/h31-34,42,45,54-67,69-72,81H,24-30,35-41,43-44,46-53H2,1-23H3,(H,82,83)/b33-31+,34-32-/t54-,55+,56-,57-,58+,59+,60-,61-,62-,63+,64-,65+,66+,67+,69+,70-,71-,72-,77-,78+,79-/m0/s1. The number of cyclic esters (lactones) is 1. The van der Waals surface area contributed by atoms with Gasteiger partial charge in [-0.3, -0.25) is 4.79 Å². The number of aliphatic carboxylic acids is 1. The molecule has 21 atom stereocenters. The fourth-order valence-corrected chi connectivity index (χ4v) is 23.2. The first kappa shape index (κ1) is 93.7. The van der Waals surface area contributed by atoms with Crippen molar-refractivity contribution < 1.29 is 111 Å². The summed E-state index contributed by atoms with van der Waals surface area (Å²) in [5.41, 5.74) is 0. The predicted molar refractivity (Wildman–Crippen MR) is 421 cm³/mol. The molecule has 7 rings (SSSR count). The summed E-state index contributed by atoms with van der Waals surface area (Å²) in [6, 6.07) is 0. The molecule has 6 saturated heterocycles. The highest BCUT2D eigenvalue weighted by Gasteiger charge is 2.63. The van der Waals surface area contributed by atoms with Crippen molar-refractivity contribution in [2.75, 3.05) is 53.9 Å². The normalized spacial score (nSPS) is 33.2. The lowest BCUT2D eigenvalue weighted by Crippen LogP contribution is -2.65. The topological polar surface area (TPSA) is 259 Å². The molecule has 3 spiro atoms. The van der Waals surface area contributed by atoms with E-state index in [2.05, 4.69) is 101 Å². The molecule has 2 N–H and O–H groups in total. The summed E-state index contributed by atoms with van der Waals surface area (Å²) in [5, 5.41) is 20.8. The Morgan fingerprint density at radius 2 is 1.24 bits per heavy atom. The number of hydrogen-bond acceptors (Lipinski definition) is 23. The third kappa shape index (κ3) is 25.0. The lowest BCUT2D eigenvalue weighted by atomic mass is 9.82. The zero-order chi connectivity index (χ0) is 79.9. The SMILES string of the molecule is CCO[Si](OCC)(OCC)O[C@@H]([C@@H](O[Si](OCC)(OCC)OCC)[C@H](C)CC[C@H]1O[C@@]2(CC[C@H](C)[C@]3(C[C@H](O)[C@H](C/C=C/C/C=C\C[C@H]4OC(C)(C)OC4=O)O3)O2)C[C@@H](OC)[C@@H]1Cl)[C@H]1O[C@@]2(C=C[C@H](C)[C@@H](C[C@H](C[C@@H](C[C@@H]3CCC[C@H](CC(=O)O)O3)O[Si](C)(C)C(C)(C)C)O[Si](C)(C)C(C)(C)C)O2)CC[C@@H]1OC. The van der Waals surface area contributed by atoms with Gasteiger partial charge in [0.15, 0.2) is 40.1 Å². The number of carbonyl (C=O) groups is 2. The largest absolute Gasteiger partial charge is 0.680 e. The van der Waals surface area contributed by atoms with E-state index in [0.29, 0.717) is 89.9 Å². The number of aliphatic hydroxyl groups excluding tert-OH is 1. The Labute approximate surface area is 657 Å². The average Bonchev–Trinajstić information content (AvgIpc) is 1.41. The van der Waals surface area contributed by atoms with Crippen LogP contribution >= 0.6 is 11.6 Å². The fourth-order valence-electron chi connectivity index (χ4n) is 15.7. The maximum Gasteiger partial charge on any atom is 0.680 e. The van der Waals surface area contributed by atoms with Gasteiger partial charge in [-0.15, -0.1) is 11.6 Å². The number of carboxylic acids is 1. The van der Waals surface area contributed by atoms with E-state index in [1.165, 1.54) is 0 Å². The molecule has 0 aromatic carbocycles. The van der Waals surface area contributed by atoms with Crippen molar-refractivity contribution in [3.8, 4) is 0 Å². The summed E-state index contributed by atoms with van der Waals surface area (Å²) in [6.07, 6.45) is 13.0. The molecule has 0 saturated carbocycles. The molecule has 0 aromatic rings. The van der Waals surface area contributed by atoms with Crippen molar-refractivity contribution in [3.63, 3.8) is 0 Å². The van der Waals surface area contributed by atoms with Crippen LogP contribution in [0.5, 0.6) is 0 Å². The molecule has 29 heteroatoms. The van der Waals surface area contributed by atoms with Gasteiger partial charge < -0.3 is 102 Å². The molecule has 6 fully saturated rings. The quantitative estimate of drug-likeness (QED) is 0.0249. The summed E-state index contributed by atoms with van der Waals surface area (Å²) >= 11 is 7.59. The first-order valence-electron chi connectivity index (χ1n) is 40.8. The molecule has 626 valence electrons. The van der Waals surface area contributed by atoms with Gasteiger partial charge in [0.05, 0.1) is 66.7 Å². The number of carbonyl (C=O) groups excluding carboxylic acids is 1. The Kier molecular flexibility index (Phi) is 35.2. The van der Waals surface area contributed by atoms with E-state index in [9.17, 15) is 19.8 Å². The van der Waals surface area contributed by atoms with Crippen LogP contribution in [0.3, 0.4) is 0 Å². The highest BCUT2D eigenvalue weighted by atomic mass is 35.5. The molecule has 0 aromatic heterocycles. The van der Waals surface area contributed by atoms with Gasteiger partial charge in [-0.1, -0.05) is 92.7 Å². The van der Waals surface area contributed by atoms with Gasteiger partial charge in [0.1, 0.15) is 12.2 Å². The van der Waals surface area contributed by atoms with Crippen LogP contribution < -0.4 is 0 Å². The van der Waals surface area contributed by atoms with Crippen LogP contribution in [0, 0.1) is 17.8 Å². The van der Waals surface area contributed by atoms with Crippen LogP contribution in [0.25, 0.3) is 0 Å². The Bertz CT molecular complexity index is 2810. The summed E-state index contributed by atoms with van der Waals surface area (Å²) in [5.74, 6) is -6.43. The summed E-state index contributed by atoms with van der Waals surface area (Å²) in [7, 11) is -9.84. The van der Waals surface area contributed by atoms with Gasteiger partial charge >= 0.3 is 30.0 Å². The predicted octanol–water partition coefficient (Wildman–Crippen LogP) is 15.5. The zero-order valence-corrected chi connectivity index (χ0v) is 74.8. The lowest BCUT2D eigenvalue weighted by Gasteiger charge is -2.54. The van der Waals surface area contributed by atoms with Crippen molar-refractivity contribution in [2.45, 2.75) is 384 Å². The number of ether oxygens (including phenoxy) is 10. The highest BCUT2D eigenvalue weighted by molar-refractivity contribution is 6.74.